The van der Waals surface area contributed by atoms with Gasteiger partial charge < -0.3 is 10.2 Å². The van der Waals surface area contributed by atoms with Crippen LogP contribution < -0.4 is 10.2 Å². The molecule has 1 aliphatic carbocycles. The standard InChI is InChI=1S/C19H21Cl2N3O3/c20-14-6-5-13(10-15(14)21)24-18(26)16-9-12(7-8-23(16)19(24)27)22-17(25)11-3-1-2-4-11/h5-6,10-12,16H,1-4,7-9H2,(H,22,25)/t12-,16+/m0/s1. The Kier molecular flexibility index (Phi) is 5.03. The van der Waals surface area contributed by atoms with E-state index in [1.807, 2.05) is 0 Å². The summed E-state index contributed by atoms with van der Waals surface area (Å²) in [6, 6.07) is 3.74. The fraction of sp³-hybridized carbons (Fsp3) is 0.526. The maximum atomic E-state index is 12.9. The highest BCUT2D eigenvalue weighted by molar-refractivity contribution is 6.42. The SMILES string of the molecule is O=C(N[C@H]1CCN2C(=O)N(c3ccc(Cl)c(Cl)c3)C(=O)[C@H]2C1)C1CCCC1. The zero-order chi connectivity index (χ0) is 19.1. The van der Waals surface area contributed by atoms with Gasteiger partial charge in [-0.15, -0.1) is 0 Å². The lowest BCUT2D eigenvalue weighted by Crippen LogP contribution is -2.50. The summed E-state index contributed by atoms with van der Waals surface area (Å²) in [5.41, 5.74) is 0.417. The van der Waals surface area contributed by atoms with Crippen molar-refractivity contribution in [1.29, 1.82) is 0 Å². The van der Waals surface area contributed by atoms with Crippen molar-refractivity contribution in [2.75, 3.05) is 11.4 Å². The molecule has 4 rings (SSSR count). The van der Waals surface area contributed by atoms with Crippen molar-refractivity contribution in [2.45, 2.75) is 50.6 Å². The number of amides is 4. The maximum absolute atomic E-state index is 12.9. The molecule has 2 saturated heterocycles. The summed E-state index contributed by atoms with van der Waals surface area (Å²) >= 11 is 12.0. The number of imide groups is 1. The highest BCUT2D eigenvalue weighted by Gasteiger charge is 2.49. The monoisotopic (exact) mass is 409 g/mol. The van der Waals surface area contributed by atoms with E-state index in [1.165, 1.54) is 6.07 Å². The van der Waals surface area contributed by atoms with Gasteiger partial charge in [0.1, 0.15) is 6.04 Å². The van der Waals surface area contributed by atoms with E-state index in [0.29, 0.717) is 35.1 Å². The smallest absolute Gasteiger partial charge is 0.332 e. The van der Waals surface area contributed by atoms with Gasteiger partial charge in [-0.25, -0.2) is 9.69 Å². The van der Waals surface area contributed by atoms with Crippen molar-refractivity contribution in [3.05, 3.63) is 28.2 Å². The summed E-state index contributed by atoms with van der Waals surface area (Å²) in [7, 11) is 0. The molecule has 0 radical (unpaired) electrons. The van der Waals surface area contributed by atoms with Crippen molar-refractivity contribution in [3.8, 4) is 0 Å². The number of halogens is 2. The van der Waals surface area contributed by atoms with Crippen molar-refractivity contribution in [2.24, 2.45) is 5.92 Å². The highest BCUT2D eigenvalue weighted by Crippen LogP contribution is 2.34. The van der Waals surface area contributed by atoms with Gasteiger partial charge >= 0.3 is 6.03 Å². The first kappa shape index (κ1) is 18.6. The van der Waals surface area contributed by atoms with Crippen LogP contribution in [0.3, 0.4) is 0 Å². The molecule has 3 fully saturated rings. The minimum absolute atomic E-state index is 0.0788. The molecule has 1 aromatic rings. The van der Waals surface area contributed by atoms with Crippen LogP contribution in [0.5, 0.6) is 0 Å². The van der Waals surface area contributed by atoms with Gasteiger partial charge in [0.2, 0.25) is 5.91 Å². The van der Waals surface area contributed by atoms with Crippen LogP contribution in [0.25, 0.3) is 0 Å². The highest BCUT2D eigenvalue weighted by atomic mass is 35.5. The average Bonchev–Trinajstić information content (AvgIpc) is 3.26. The van der Waals surface area contributed by atoms with Crippen LogP contribution in [-0.2, 0) is 9.59 Å². The molecule has 2 heterocycles. The van der Waals surface area contributed by atoms with E-state index in [2.05, 4.69) is 5.32 Å². The van der Waals surface area contributed by atoms with Crippen LogP contribution in [0.4, 0.5) is 10.5 Å². The van der Waals surface area contributed by atoms with E-state index in [4.69, 9.17) is 23.2 Å². The number of hydrogen-bond donors (Lipinski definition) is 1. The van der Waals surface area contributed by atoms with E-state index in [9.17, 15) is 14.4 Å². The molecule has 0 spiro atoms. The molecule has 3 aliphatic rings. The van der Waals surface area contributed by atoms with Gasteiger partial charge in [0.15, 0.2) is 0 Å². The third-order valence-electron chi connectivity index (χ3n) is 5.78. The van der Waals surface area contributed by atoms with Gasteiger partial charge in [0, 0.05) is 18.5 Å². The summed E-state index contributed by atoms with van der Waals surface area (Å²) in [5, 5.41) is 3.75. The summed E-state index contributed by atoms with van der Waals surface area (Å²) in [6.07, 6.45) is 5.19. The molecule has 1 N–H and O–H groups in total. The van der Waals surface area contributed by atoms with Gasteiger partial charge in [-0.05, 0) is 43.9 Å². The van der Waals surface area contributed by atoms with E-state index < -0.39 is 6.04 Å². The molecule has 6 nitrogen and oxygen atoms in total. The van der Waals surface area contributed by atoms with E-state index in [-0.39, 0.29) is 29.8 Å². The molecule has 1 aromatic carbocycles. The Bertz CT molecular complexity index is 794. The third-order valence-corrected chi connectivity index (χ3v) is 6.52. The Morgan fingerprint density at radius 2 is 1.81 bits per heavy atom. The van der Waals surface area contributed by atoms with Gasteiger partial charge in [-0.2, -0.15) is 0 Å². The lowest BCUT2D eigenvalue weighted by Gasteiger charge is -2.33. The lowest BCUT2D eigenvalue weighted by atomic mass is 9.96. The molecule has 0 unspecified atom stereocenters. The Morgan fingerprint density at radius 3 is 2.52 bits per heavy atom. The van der Waals surface area contributed by atoms with Crippen LogP contribution in [0.1, 0.15) is 38.5 Å². The molecule has 8 heteroatoms. The molecule has 2 aliphatic heterocycles. The Hall–Kier alpha value is -1.79. The van der Waals surface area contributed by atoms with E-state index >= 15 is 0 Å². The second-order valence-corrected chi connectivity index (χ2v) is 8.29. The largest absolute Gasteiger partial charge is 0.353 e. The number of hydrogen-bond acceptors (Lipinski definition) is 3. The van der Waals surface area contributed by atoms with Crippen LogP contribution in [-0.4, -0.2) is 41.4 Å². The predicted octanol–water partition coefficient (Wildman–Crippen LogP) is 3.60. The maximum Gasteiger partial charge on any atom is 0.332 e. The molecular weight excluding hydrogens is 389 g/mol. The summed E-state index contributed by atoms with van der Waals surface area (Å²) < 4.78 is 0. The Labute approximate surface area is 167 Å². The number of carbonyl (C=O) groups is 3. The van der Waals surface area contributed by atoms with Crippen molar-refractivity contribution in [1.82, 2.24) is 10.2 Å². The predicted molar refractivity (Wildman–Crippen MR) is 103 cm³/mol. The van der Waals surface area contributed by atoms with Crippen LogP contribution in [0.15, 0.2) is 18.2 Å². The lowest BCUT2D eigenvalue weighted by molar-refractivity contribution is -0.127. The topological polar surface area (TPSA) is 69.7 Å². The second-order valence-electron chi connectivity index (χ2n) is 7.48. The summed E-state index contributed by atoms with van der Waals surface area (Å²) in [5.74, 6) is -0.0982. The zero-order valence-electron chi connectivity index (χ0n) is 14.8. The average molecular weight is 410 g/mol. The first-order chi connectivity index (χ1) is 13.0. The second kappa shape index (κ2) is 7.32. The molecule has 1 saturated carbocycles. The molecular formula is C19H21Cl2N3O3. The molecule has 4 amide bonds. The van der Waals surface area contributed by atoms with Crippen LogP contribution in [0, 0.1) is 5.92 Å². The van der Waals surface area contributed by atoms with Gasteiger partial charge in [0.25, 0.3) is 5.91 Å². The Morgan fingerprint density at radius 1 is 1.07 bits per heavy atom. The van der Waals surface area contributed by atoms with E-state index in [0.717, 1.165) is 30.6 Å². The first-order valence-corrected chi connectivity index (χ1v) is 10.1. The number of benzene rings is 1. The number of nitrogens with zero attached hydrogens (tertiary/aromatic N) is 2. The number of rotatable bonds is 3. The minimum Gasteiger partial charge on any atom is -0.353 e. The number of carbonyl (C=O) groups excluding carboxylic acids is 3. The normalized spacial score (nSPS) is 25.9. The number of nitrogens with one attached hydrogen (secondary N) is 1. The van der Waals surface area contributed by atoms with Crippen molar-refractivity contribution >= 4 is 46.7 Å². The number of anilines is 1. The van der Waals surface area contributed by atoms with Crippen LogP contribution >= 0.6 is 23.2 Å². The molecule has 27 heavy (non-hydrogen) atoms. The quantitative estimate of drug-likeness (QED) is 0.775. The summed E-state index contributed by atoms with van der Waals surface area (Å²) in [4.78, 5) is 40.8. The van der Waals surface area contributed by atoms with Crippen molar-refractivity contribution in [3.63, 3.8) is 0 Å². The number of piperidine rings is 1. The third kappa shape index (κ3) is 3.41. The first-order valence-electron chi connectivity index (χ1n) is 9.35. The fourth-order valence-electron chi connectivity index (χ4n) is 4.30. The summed E-state index contributed by atoms with van der Waals surface area (Å²) in [6.45, 7) is 0.447. The van der Waals surface area contributed by atoms with Gasteiger partial charge in [-0.1, -0.05) is 36.0 Å². The van der Waals surface area contributed by atoms with Crippen LogP contribution in [0.2, 0.25) is 10.0 Å². The molecule has 0 aromatic heterocycles. The van der Waals surface area contributed by atoms with Gasteiger partial charge in [-0.3, -0.25) is 9.59 Å². The molecule has 0 bridgehead atoms. The van der Waals surface area contributed by atoms with E-state index in [1.54, 1.807) is 17.0 Å². The number of urea groups is 1. The minimum atomic E-state index is -0.547. The van der Waals surface area contributed by atoms with Gasteiger partial charge in [0.05, 0.1) is 15.7 Å². The number of fused-ring (bicyclic) bond motifs is 1. The molecule has 2 atom stereocenters. The zero-order valence-corrected chi connectivity index (χ0v) is 16.3. The fourth-order valence-corrected chi connectivity index (χ4v) is 4.59. The Balaban J connectivity index is 1.47. The van der Waals surface area contributed by atoms with Crippen molar-refractivity contribution < 1.29 is 14.4 Å². The molecule has 144 valence electrons.